The van der Waals surface area contributed by atoms with Gasteiger partial charge in [0.05, 0.1) is 0 Å². The SMILES string of the molecule is Cc1ccc(N(c2ccc3cc4c(cc3c2)oc2cc3oc5cc6cc(N(c7ccc(C)cc7)c7ccccc7C(C)(C)C)ccc6cc5c3cc24)c2ccccc2C(C)(C)C)cc1. The van der Waals surface area contributed by atoms with Crippen LogP contribution >= 0.6 is 0 Å². The Balaban J connectivity index is 1.01. The molecule has 0 atom stereocenters. The molecule has 4 heteroatoms. The van der Waals surface area contributed by atoms with Gasteiger partial charge in [-0.1, -0.05) is 125 Å². The molecule has 0 N–H and O–H groups in total. The van der Waals surface area contributed by atoms with Crippen LogP contribution in [0.3, 0.4) is 0 Å². The number of fused-ring (bicyclic) bond motifs is 8. The summed E-state index contributed by atoms with van der Waals surface area (Å²) in [6.07, 6.45) is 0. The van der Waals surface area contributed by atoms with Gasteiger partial charge in [0.15, 0.2) is 0 Å². The van der Waals surface area contributed by atoms with Gasteiger partial charge in [0.25, 0.3) is 0 Å². The first-order chi connectivity index (χ1) is 30.8. The number of benzene rings is 9. The van der Waals surface area contributed by atoms with Crippen LogP contribution in [0.5, 0.6) is 0 Å². The van der Waals surface area contributed by atoms with Crippen LogP contribution in [0.25, 0.3) is 65.4 Å². The quantitative estimate of drug-likeness (QED) is 0.167. The lowest BCUT2D eigenvalue weighted by molar-refractivity contribution is 0.590. The number of nitrogens with zero attached hydrogens (tertiary/aromatic N) is 2. The van der Waals surface area contributed by atoms with Gasteiger partial charge in [-0.3, -0.25) is 0 Å². The lowest BCUT2D eigenvalue weighted by Gasteiger charge is -2.32. The van der Waals surface area contributed by atoms with E-state index in [4.69, 9.17) is 8.83 Å². The van der Waals surface area contributed by atoms with Crippen molar-refractivity contribution >= 4 is 99.5 Å². The molecule has 0 aliphatic heterocycles. The lowest BCUT2D eigenvalue weighted by atomic mass is 9.85. The maximum atomic E-state index is 6.68. The van der Waals surface area contributed by atoms with E-state index in [1.807, 2.05) is 0 Å². The van der Waals surface area contributed by atoms with E-state index < -0.39 is 0 Å². The monoisotopic (exact) mass is 832 g/mol. The van der Waals surface area contributed by atoms with Gasteiger partial charge in [0.1, 0.15) is 22.3 Å². The third-order valence-electron chi connectivity index (χ3n) is 13.0. The topological polar surface area (TPSA) is 32.8 Å². The van der Waals surface area contributed by atoms with Crippen molar-refractivity contribution in [2.24, 2.45) is 0 Å². The average molecular weight is 833 g/mol. The predicted octanol–water partition coefficient (Wildman–Crippen LogP) is 17.9. The van der Waals surface area contributed by atoms with Gasteiger partial charge in [-0.25, -0.2) is 0 Å². The molecular weight excluding hydrogens is 781 g/mol. The van der Waals surface area contributed by atoms with Crippen molar-refractivity contribution in [2.45, 2.75) is 66.2 Å². The third kappa shape index (κ3) is 6.76. The molecule has 0 radical (unpaired) electrons. The minimum absolute atomic E-state index is 0.0406. The highest BCUT2D eigenvalue weighted by Gasteiger charge is 2.25. The summed E-state index contributed by atoms with van der Waals surface area (Å²) in [7, 11) is 0. The second kappa shape index (κ2) is 14.6. The van der Waals surface area contributed by atoms with Crippen LogP contribution in [0.2, 0.25) is 0 Å². The van der Waals surface area contributed by atoms with Crippen LogP contribution in [0.4, 0.5) is 34.1 Å². The zero-order chi connectivity index (χ0) is 44.1. The molecule has 4 nitrogen and oxygen atoms in total. The van der Waals surface area contributed by atoms with E-state index in [9.17, 15) is 0 Å². The van der Waals surface area contributed by atoms with Gasteiger partial charge in [-0.15, -0.1) is 0 Å². The Bertz CT molecular complexity index is 3360. The molecule has 0 fully saturated rings. The Kier molecular flexibility index (Phi) is 9.04. The molecule has 0 saturated heterocycles. The van der Waals surface area contributed by atoms with Gasteiger partial charge >= 0.3 is 0 Å². The molecular formula is C60H52N2O2. The Labute approximate surface area is 375 Å². The molecule has 0 aliphatic rings. The normalized spacial score (nSPS) is 12.4. The van der Waals surface area contributed by atoms with Gasteiger partial charge < -0.3 is 18.6 Å². The molecule has 0 bridgehead atoms. The van der Waals surface area contributed by atoms with Crippen LogP contribution in [0.15, 0.2) is 179 Å². The summed E-state index contributed by atoms with van der Waals surface area (Å²) in [5.74, 6) is 0. The number of hydrogen-bond donors (Lipinski definition) is 0. The summed E-state index contributed by atoms with van der Waals surface area (Å²) in [4.78, 5) is 4.77. The maximum Gasteiger partial charge on any atom is 0.139 e. The van der Waals surface area contributed by atoms with Crippen molar-refractivity contribution in [1.29, 1.82) is 0 Å². The Morgan fingerprint density at radius 2 is 0.688 bits per heavy atom. The molecule has 0 aliphatic carbocycles. The second-order valence-electron chi connectivity index (χ2n) is 19.7. The molecule has 0 spiro atoms. The fourth-order valence-electron chi connectivity index (χ4n) is 9.63. The fraction of sp³-hybridized carbons (Fsp3) is 0.167. The van der Waals surface area contributed by atoms with Gasteiger partial charge in [0, 0.05) is 61.7 Å². The fourth-order valence-corrected chi connectivity index (χ4v) is 9.63. The first-order valence-electron chi connectivity index (χ1n) is 22.4. The van der Waals surface area contributed by atoms with E-state index >= 15 is 0 Å². The van der Waals surface area contributed by atoms with E-state index in [2.05, 4.69) is 235 Å². The molecule has 64 heavy (non-hydrogen) atoms. The lowest BCUT2D eigenvalue weighted by Crippen LogP contribution is -2.19. The summed E-state index contributed by atoms with van der Waals surface area (Å²) < 4.78 is 13.4. The van der Waals surface area contributed by atoms with Crippen molar-refractivity contribution in [1.82, 2.24) is 0 Å². The highest BCUT2D eigenvalue weighted by molar-refractivity contribution is 6.18. The summed E-state index contributed by atoms with van der Waals surface area (Å²) in [5, 5.41) is 8.92. The van der Waals surface area contributed by atoms with Crippen LogP contribution < -0.4 is 9.80 Å². The van der Waals surface area contributed by atoms with E-state index in [1.54, 1.807) is 0 Å². The zero-order valence-corrected chi connectivity index (χ0v) is 37.9. The molecule has 0 saturated carbocycles. The van der Waals surface area contributed by atoms with Crippen molar-refractivity contribution in [2.75, 3.05) is 9.80 Å². The number of anilines is 6. The number of rotatable bonds is 6. The number of hydrogen-bond acceptors (Lipinski definition) is 4. The minimum Gasteiger partial charge on any atom is -0.456 e. The number of para-hydroxylation sites is 2. The minimum atomic E-state index is -0.0406. The molecule has 0 unspecified atom stereocenters. The first-order valence-corrected chi connectivity index (χ1v) is 22.4. The largest absolute Gasteiger partial charge is 0.456 e. The predicted molar refractivity (Wildman–Crippen MR) is 272 cm³/mol. The Morgan fingerprint density at radius 1 is 0.328 bits per heavy atom. The van der Waals surface area contributed by atoms with Gasteiger partial charge in [-0.2, -0.15) is 0 Å². The standard InChI is InChI=1S/C60H52N2O2/c1-37-17-23-43(24-18-37)61(53-15-11-9-13-51(53)59(3,4)5)45-27-21-39-31-47-49-35-50-48-32-40-22-28-46(30-42(40)34-56(48)64-58(50)36-57(49)63-55(47)33-41(39)29-45)62(44-25-19-38(2)20-26-44)54-16-12-10-14-52(54)60(6,7)8/h9-36H,1-8H3. The molecule has 314 valence electrons. The molecule has 2 aromatic heterocycles. The average Bonchev–Trinajstić information content (AvgIpc) is 3.80. The van der Waals surface area contributed by atoms with Crippen molar-refractivity contribution in [3.8, 4) is 0 Å². The second-order valence-corrected chi connectivity index (χ2v) is 19.7. The number of furan rings is 2. The zero-order valence-electron chi connectivity index (χ0n) is 37.9. The summed E-state index contributed by atoms with van der Waals surface area (Å²) >= 11 is 0. The van der Waals surface area contributed by atoms with E-state index in [1.165, 1.54) is 33.6 Å². The van der Waals surface area contributed by atoms with Crippen LogP contribution in [-0.2, 0) is 10.8 Å². The molecule has 0 amide bonds. The maximum absolute atomic E-state index is 6.68. The Morgan fingerprint density at radius 3 is 1.09 bits per heavy atom. The van der Waals surface area contributed by atoms with Gasteiger partial charge in [-0.05, 0) is 148 Å². The van der Waals surface area contributed by atoms with Gasteiger partial charge in [0.2, 0.25) is 0 Å². The molecule has 11 aromatic rings. The Hall–Kier alpha value is -7.30. The highest BCUT2D eigenvalue weighted by Crippen LogP contribution is 2.45. The van der Waals surface area contributed by atoms with E-state index in [-0.39, 0.29) is 10.8 Å². The van der Waals surface area contributed by atoms with Crippen LogP contribution in [0.1, 0.15) is 63.8 Å². The number of aryl methyl sites for hydroxylation is 2. The summed E-state index contributed by atoms with van der Waals surface area (Å²) in [5.41, 5.74) is 15.1. The molecule has 9 aromatic carbocycles. The summed E-state index contributed by atoms with van der Waals surface area (Å²) in [6.45, 7) is 18.0. The molecule has 2 heterocycles. The summed E-state index contributed by atoms with van der Waals surface area (Å²) in [6, 6.07) is 62.0. The van der Waals surface area contributed by atoms with Crippen LogP contribution in [-0.4, -0.2) is 0 Å². The van der Waals surface area contributed by atoms with Crippen LogP contribution in [0, 0.1) is 13.8 Å². The van der Waals surface area contributed by atoms with Crippen molar-refractivity contribution in [3.05, 3.63) is 192 Å². The van der Waals surface area contributed by atoms with E-state index in [0.717, 1.165) is 88.2 Å². The first kappa shape index (κ1) is 39.5. The van der Waals surface area contributed by atoms with Crippen molar-refractivity contribution < 1.29 is 8.83 Å². The molecule has 11 rings (SSSR count). The van der Waals surface area contributed by atoms with E-state index in [0.29, 0.717) is 0 Å². The third-order valence-corrected chi connectivity index (χ3v) is 13.0. The highest BCUT2D eigenvalue weighted by atomic mass is 16.3. The van der Waals surface area contributed by atoms with Crippen molar-refractivity contribution in [3.63, 3.8) is 0 Å². The smallest absolute Gasteiger partial charge is 0.139 e.